The van der Waals surface area contributed by atoms with Gasteiger partial charge in [0.25, 0.3) is 0 Å². The third kappa shape index (κ3) is 7.09. The van der Waals surface area contributed by atoms with Gasteiger partial charge >= 0.3 is 0 Å². The van der Waals surface area contributed by atoms with Gasteiger partial charge in [0.1, 0.15) is 11.8 Å². The highest BCUT2D eigenvalue weighted by molar-refractivity contribution is 6.34. The zero-order valence-electron chi connectivity index (χ0n) is 20.0. The van der Waals surface area contributed by atoms with Crippen LogP contribution in [0.5, 0.6) is 5.75 Å². The fourth-order valence-electron chi connectivity index (χ4n) is 3.59. The lowest BCUT2D eigenvalue weighted by molar-refractivity contribution is -0.119. The number of anilines is 2. The van der Waals surface area contributed by atoms with Gasteiger partial charge in [-0.25, -0.2) is 0 Å². The van der Waals surface area contributed by atoms with E-state index < -0.39 is 6.04 Å². The van der Waals surface area contributed by atoms with Gasteiger partial charge in [-0.15, -0.1) is 0 Å². The van der Waals surface area contributed by atoms with Crippen LogP contribution in [0.2, 0.25) is 5.02 Å². The maximum Gasteiger partial charge on any atom is 0.248 e. The van der Waals surface area contributed by atoms with Gasteiger partial charge in [0.15, 0.2) is 0 Å². The number of carbonyl (C=O) groups excluding carboxylic acids is 2. The summed E-state index contributed by atoms with van der Waals surface area (Å²) in [6.45, 7) is 8.16. The number of nitrogens with zero attached hydrogens (tertiary/aromatic N) is 2. The Morgan fingerprint density at radius 1 is 1.06 bits per heavy atom. The number of carbonyl (C=O) groups is 2. The molecule has 0 aliphatic rings. The lowest BCUT2D eigenvalue weighted by Gasteiger charge is -2.16. The number of aromatic nitrogens is 2. The van der Waals surface area contributed by atoms with Crippen LogP contribution in [0.4, 0.5) is 11.4 Å². The van der Waals surface area contributed by atoms with Crippen LogP contribution in [0.25, 0.3) is 0 Å². The number of ether oxygens (including phenoxy) is 1. The first-order valence-electron chi connectivity index (χ1n) is 11.4. The summed E-state index contributed by atoms with van der Waals surface area (Å²) in [6, 6.07) is 14.4. The van der Waals surface area contributed by atoms with E-state index >= 15 is 0 Å². The number of unbranched alkanes of at least 4 members (excludes halogenated alkanes) is 1. The van der Waals surface area contributed by atoms with Crippen LogP contribution in [0.3, 0.4) is 0 Å². The molecule has 0 radical (unpaired) electrons. The van der Waals surface area contributed by atoms with E-state index in [1.165, 1.54) is 0 Å². The van der Waals surface area contributed by atoms with Gasteiger partial charge in [0.05, 0.1) is 23.0 Å². The van der Waals surface area contributed by atoms with Crippen molar-refractivity contribution < 1.29 is 14.3 Å². The van der Waals surface area contributed by atoms with Crippen molar-refractivity contribution in [1.82, 2.24) is 9.78 Å². The minimum absolute atomic E-state index is 0.0958. The Morgan fingerprint density at radius 3 is 2.53 bits per heavy atom. The van der Waals surface area contributed by atoms with Crippen molar-refractivity contribution in [2.75, 3.05) is 17.2 Å². The average molecular weight is 483 g/mol. The highest BCUT2D eigenvalue weighted by atomic mass is 35.5. The van der Waals surface area contributed by atoms with Crippen LogP contribution in [-0.2, 0) is 9.59 Å². The molecule has 2 aromatic carbocycles. The van der Waals surface area contributed by atoms with Crippen LogP contribution < -0.4 is 15.4 Å². The highest BCUT2D eigenvalue weighted by Crippen LogP contribution is 2.27. The largest absolute Gasteiger partial charge is 0.494 e. The predicted octanol–water partition coefficient (Wildman–Crippen LogP) is 5.85. The molecule has 2 N–H and O–H groups in total. The topological polar surface area (TPSA) is 85.3 Å². The molecule has 0 bridgehead atoms. The van der Waals surface area contributed by atoms with Crippen molar-refractivity contribution in [3.8, 4) is 5.75 Å². The van der Waals surface area contributed by atoms with E-state index in [4.69, 9.17) is 16.3 Å². The van der Waals surface area contributed by atoms with Crippen LogP contribution in [0.1, 0.15) is 49.2 Å². The molecular weight excluding hydrogens is 452 g/mol. The van der Waals surface area contributed by atoms with Gasteiger partial charge in [0, 0.05) is 17.8 Å². The number of rotatable bonds is 10. The number of hydrogen-bond donors (Lipinski definition) is 2. The number of aryl methyl sites for hydroxylation is 3. The first-order chi connectivity index (χ1) is 16.2. The quantitative estimate of drug-likeness (QED) is 0.355. The molecule has 3 aromatic rings. The minimum Gasteiger partial charge on any atom is -0.494 e. The van der Waals surface area contributed by atoms with E-state index in [2.05, 4.69) is 15.7 Å². The molecule has 0 spiro atoms. The first-order valence-corrected chi connectivity index (χ1v) is 11.7. The van der Waals surface area contributed by atoms with E-state index in [0.29, 0.717) is 35.8 Å². The summed E-state index contributed by atoms with van der Waals surface area (Å²) in [5, 5.41) is 10.4. The molecule has 34 heavy (non-hydrogen) atoms. The van der Waals surface area contributed by atoms with E-state index in [1.54, 1.807) is 29.8 Å². The highest BCUT2D eigenvalue weighted by Gasteiger charge is 2.19. The Morgan fingerprint density at radius 2 is 1.85 bits per heavy atom. The van der Waals surface area contributed by atoms with E-state index in [1.807, 2.05) is 51.1 Å². The van der Waals surface area contributed by atoms with Gasteiger partial charge in [-0.2, -0.15) is 5.10 Å². The molecule has 180 valence electrons. The summed E-state index contributed by atoms with van der Waals surface area (Å²) in [5.41, 5.74) is 3.97. The molecule has 2 amide bonds. The van der Waals surface area contributed by atoms with E-state index in [-0.39, 0.29) is 11.8 Å². The molecule has 0 saturated heterocycles. The smallest absolute Gasteiger partial charge is 0.248 e. The molecule has 1 aromatic heterocycles. The Balaban J connectivity index is 1.44. The summed E-state index contributed by atoms with van der Waals surface area (Å²) < 4.78 is 7.39. The van der Waals surface area contributed by atoms with Crippen molar-refractivity contribution in [2.45, 2.75) is 53.0 Å². The van der Waals surface area contributed by atoms with Crippen molar-refractivity contribution >= 4 is 34.8 Å². The standard InChI is InChI=1S/C26H31ClN4O3/c1-17-8-7-9-22(14-17)34-13-6-5-10-25(32)28-21-11-12-24(23(27)16-21)29-26(33)20(4)31-19(3)15-18(2)30-31/h7-9,11-12,14-16,20H,5-6,10,13H2,1-4H3,(H,28,32)(H,29,33). The summed E-state index contributed by atoms with van der Waals surface area (Å²) >= 11 is 6.35. The number of nitrogens with one attached hydrogen (secondary N) is 2. The van der Waals surface area contributed by atoms with Crippen molar-refractivity contribution in [2.24, 2.45) is 0 Å². The molecule has 0 aliphatic heterocycles. The predicted molar refractivity (Wildman–Crippen MR) is 136 cm³/mol. The minimum atomic E-state index is -0.487. The number of halogens is 1. The number of amides is 2. The van der Waals surface area contributed by atoms with Crippen LogP contribution in [-0.4, -0.2) is 28.2 Å². The van der Waals surface area contributed by atoms with Crippen LogP contribution in [0, 0.1) is 20.8 Å². The molecular formula is C26H31ClN4O3. The SMILES string of the molecule is Cc1cccc(OCCCCC(=O)Nc2ccc(NC(=O)C(C)n3nc(C)cc3C)c(Cl)c2)c1. The molecule has 1 atom stereocenters. The fourth-order valence-corrected chi connectivity index (χ4v) is 3.81. The summed E-state index contributed by atoms with van der Waals surface area (Å²) in [4.78, 5) is 24.9. The average Bonchev–Trinajstić information content (AvgIpc) is 3.12. The second-order valence-electron chi connectivity index (χ2n) is 8.40. The third-order valence-corrected chi connectivity index (χ3v) is 5.67. The van der Waals surface area contributed by atoms with Gasteiger partial charge in [-0.1, -0.05) is 23.7 Å². The zero-order chi connectivity index (χ0) is 24.7. The fraction of sp³-hybridized carbons (Fsp3) is 0.346. The summed E-state index contributed by atoms with van der Waals surface area (Å²) in [6.07, 6.45) is 1.87. The van der Waals surface area contributed by atoms with E-state index in [9.17, 15) is 9.59 Å². The second-order valence-corrected chi connectivity index (χ2v) is 8.81. The van der Waals surface area contributed by atoms with Crippen molar-refractivity contribution in [1.29, 1.82) is 0 Å². The second kappa shape index (κ2) is 11.7. The zero-order valence-corrected chi connectivity index (χ0v) is 20.8. The normalized spacial score (nSPS) is 11.7. The number of hydrogen-bond acceptors (Lipinski definition) is 4. The van der Waals surface area contributed by atoms with Gasteiger partial charge in [-0.05, 0) is 82.5 Å². The van der Waals surface area contributed by atoms with Gasteiger partial charge < -0.3 is 15.4 Å². The van der Waals surface area contributed by atoms with Crippen molar-refractivity contribution in [3.63, 3.8) is 0 Å². The molecule has 0 fully saturated rings. The molecule has 1 unspecified atom stereocenters. The Kier molecular flexibility index (Phi) is 8.71. The van der Waals surface area contributed by atoms with Gasteiger partial charge in [-0.3, -0.25) is 14.3 Å². The Labute approximate surface area is 205 Å². The summed E-state index contributed by atoms with van der Waals surface area (Å²) in [5.74, 6) is 0.523. The first kappa shape index (κ1) is 25.3. The third-order valence-electron chi connectivity index (χ3n) is 5.36. The Bertz CT molecular complexity index is 1160. The van der Waals surface area contributed by atoms with Crippen LogP contribution >= 0.6 is 11.6 Å². The molecule has 0 saturated carbocycles. The van der Waals surface area contributed by atoms with Crippen molar-refractivity contribution in [3.05, 3.63) is 70.5 Å². The lowest BCUT2D eigenvalue weighted by Crippen LogP contribution is -2.25. The molecule has 8 heteroatoms. The Hall–Kier alpha value is -3.32. The van der Waals surface area contributed by atoms with E-state index in [0.717, 1.165) is 29.1 Å². The number of benzene rings is 2. The van der Waals surface area contributed by atoms with Gasteiger partial charge in [0.2, 0.25) is 11.8 Å². The molecule has 3 rings (SSSR count). The van der Waals surface area contributed by atoms with Crippen LogP contribution in [0.15, 0.2) is 48.5 Å². The lowest BCUT2D eigenvalue weighted by atomic mass is 10.2. The summed E-state index contributed by atoms with van der Waals surface area (Å²) in [7, 11) is 0. The maximum absolute atomic E-state index is 12.7. The molecule has 1 heterocycles. The maximum atomic E-state index is 12.7. The molecule has 0 aliphatic carbocycles. The monoisotopic (exact) mass is 482 g/mol. The molecule has 7 nitrogen and oxygen atoms in total.